The third-order valence-corrected chi connectivity index (χ3v) is 2.23. The highest BCUT2D eigenvalue weighted by Crippen LogP contribution is 2.00. The quantitative estimate of drug-likeness (QED) is 0.434. The molecule has 0 saturated carbocycles. The fourth-order valence-electron chi connectivity index (χ4n) is 1.73. The molecule has 0 amide bonds. The van der Waals surface area contributed by atoms with Crippen LogP contribution in [0.4, 0.5) is 0 Å². The number of likely N-dealkylation sites (tertiary alicyclic amines) is 1. The molecule has 2 heteroatoms. The molecule has 0 aliphatic carbocycles. The van der Waals surface area contributed by atoms with Gasteiger partial charge in [0.05, 0.1) is 19.6 Å². The van der Waals surface area contributed by atoms with E-state index in [4.69, 9.17) is 0 Å². The van der Waals surface area contributed by atoms with Gasteiger partial charge in [0, 0.05) is 12.3 Å². The second-order valence-corrected chi connectivity index (χ2v) is 3.35. The summed E-state index contributed by atoms with van der Waals surface area (Å²) in [4.78, 5) is 1.82. The lowest BCUT2D eigenvalue weighted by Gasteiger charge is -2.09. The number of quaternary nitrogens is 1. The smallest absolute Gasteiger partial charge is 0.0799 e. The molecule has 1 aliphatic rings. The molecule has 2 atom stereocenters. The van der Waals surface area contributed by atoms with Crippen molar-refractivity contribution in [1.29, 1.82) is 0 Å². The lowest BCUT2D eigenvalue weighted by molar-refractivity contribution is -0.888. The van der Waals surface area contributed by atoms with E-state index in [-0.39, 0.29) is 4.70 Å². The summed E-state index contributed by atoms with van der Waals surface area (Å²) in [5.41, 5.74) is 0. The van der Waals surface area contributed by atoms with Gasteiger partial charge in [-0.2, -0.15) is 0 Å². The Balaban J connectivity index is 0.000000810. The van der Waals surface area contributed by atoms with Crippen LogP contribution in [0.5, 0.6) is 0 Å². The molecule has 62 valence electrons. The Morgan fingerprint density at radius 2 is 2.20 bits per heavy atom. The summed E-state index contributed by atoms with van der Waals surface area (Å²) in [7, 11) is 0. The van der Waals surface area contributed by atoms with Crippen molar-refractivity contribution in [2.24, 2.45) is 5.92 Å². The van der Waals surface area contributed by atoms with E-state index in [2.05, 4.69) is 13.8 Å². The number of nitrogens with one attached hydrogen (secondary N) is 1. The zero-order valence-electron chi connectivity index (χ0n) is 6.99. The highest BCUT2D eigenvalue weighted by molar-refractivity contribution is 4.54. The van der Waals surface area contributed by atoms with E-state index in [1.54, 1.807) is 0 Å². The Hall–Kier alpha value is -0.110. The highest BCUT2D eigenvalue weighted by atomic mass is 19.0. The van der Waals surface area contributed by atoms with E-state index in [1.807, 2.05) is 4.90 Å². The number of halogens is 1. The van der Waals surface area contributed by atoms with Crippen molar-refractivity contribution < 1.29 is 9.60 Å². The summed E-state index contributed by atoms with van der Waals surface area (Å²) in [6.07, 6.45) is 2.80. The van der Waals surface area contributed by atoms with Crippen molar-refractivity contribution in [2.45, 2.75) is 26.7 Å². The molecule has 0 spiro atoms. The van der Waals surface area contributed by atoms with E-state index < -0.39 is 0 Å². The average molecular weight is 147 g/mol. The van der Waals surface area contributed by atoms with Crippen molar-refractivity contribution in [3.05, 3.63) is 0 Å². The van der Waals surface area contributed by atoms with Crippen LogP contribution in [0.1, 0.15) is 26.7 Å². The summed E-state index contributed by atoms with van der Waals surface area (Å²) in [6.45, 7) is 8.88. The van der Waals surface area contributed by atoms with Gasteiger partial charge in [0.2, 0.25) is 0 Å². The number of hydrogen-bond acceptors (Lipinski definition) is 0. The maximum atomic E-state index is 2.36. The normalized spacial score (nSPS) is 31.8. The van der Waals surface area contributed by atoms with Gasteiger partial charge in [0.15, 0.2) is 0 Å². The number of rotatable bonds is 2. The van der Waals surface area contributed by atoms with Crippen LogP contribution in [-0.2, 0) is 0 Å². The summed E-state index contributed by atoms with van der Waals surface area (Å²) >= 11 is 0. The van der Waals surface area contributed by atoms with Gasteiger partial charge < -0.3 is 9.60 Å². The Bertz CT molecular complexity index is 83.3. The third kappa shape index (κ3) is 2.65. The van der Waals surface area contributed by atoms with Crippen LogP contribution in [0.3, 0.4) is 0 Å². The van der Waals surface area contributed by atoms with E-state index in [1.165, 1.54) is 32.5 Å². The minimum Gasteiger partial charge on any atom is -1.00 e. The van der Waals surface area contributed by atoms with E-state index in [0.717, 1.165) is 5.92 Å². The van der Waals surface area contributed by atoms with Crippen LogP contribution in [0.15, 0.2) is 0 Å². The topological polar surface area (TPSA) is 4.44 Å². The third-order valence-electron chi connectivity index (χ3n) is 2.23. The molecule has 0 radical (unpaired) electrons. The molecule has 1 N–H and O–H groups in total. The van der Waals surface area contributed by atoms with E-state index >= 15 is 0 Å². The SMILES string of the molecule is CCC[NH+]1CCC(C)C1.[F-]. The van der Waals surface area contributed by atoms with E-state index in [9.17, 15) is 0 Å². The number of hydrogen-bond donors (Lipinski definition) is 1. The van der Waals surface area contributed by atoms with Crippen molar-refractivity contribution >= 4 is 0 Å². The average Bonchev–Trinajstić information content (AvgIpc) is 2.17. The lowest BCUT2D eigenvalue weighted by Crippen LogP contribution is -3.10. The van der Waals surface area contributed by atoms with Crippen molar-refractivity contribution in [3.8, 4) is 0 Å². The molecule has 1 heterocycles. The molecular formula is C8H18FN. The maximum absolute atomic E-state index is 2.36. The summed E-state index contributed by atoms with van der Waals surface area (Å²) < 4.78 is 0. The fraction of sp³-hybridized carbons (Fsp3) is 1.00. The van der Waals surface area contributed by atoms with Gasteiger partial charge in [0.25, 0.3) is 0 Å². The second-order valence-electron chi connectivity index (χ2n) is 3.35. The van der Waals surface area contributed by atoms with Crippen LogP contribution < -0.4 is 9.60 Å². The van der Waals surface area contributed by atoms with Gasteiger partial charge in [-0.25, -0.2) is 0 Å². The Morgan fingerprint density at radius 1 is 1.50 bits per heavy atom. The lowest BCUT2D eigenvalue weighted by atomic mass is 10.2. The molecule has 0 aromatic rings. The zero-order valence-corrected chi connectivity index (χ0v) is 6.99. The molecule has 0 aromatic carbocycles. The Morgan fingerprint density at radius 3 is 2.60 bits per heavy atom. The van der Waals surface area contributed by atoms with Crippen molar-refractivity contribution in [1.82, 2.24) is 0 Å². The minimum absolute atomic E-state index is 0. The fourth-order valence-corrected chi connectivity index (χ4v) is 1.73. The largest absolute Gasteiger partial charge is 1.00 e. The van der Waals surface area contributed by atoms with Crippen LogP contribution in [0, 0.1) is 5.92 Å². The first kappa shape index (κ1) is 9.89. The monoisotopic (exact) mass is 147 g/mol. The molecule has 1 saturated heterocycles. The molecule has 2 unspecified atom stereocenters. The molecule has 1 aliphatic heterocycles. The molecule has 10 heavy (non-hydrogen) atoms. The highest BCUT2D eigenvalue weighted by Gasteiger charge is 2.20. The van der Waals surface area contributed by atoms with Gasteiger partial charge in [-0.1, -0.05) is 13.8 Å². The Kier molecular flexibility index (Phi) is 4.62. The molecule has 0 aromatic heterocycles. The summed E-state index contributed by atoms with van der Waals surface area (Å²) in [5.74, 6) is 0.992. The summed E-state index contributed by atoms with van der Waals surface area (Å²) in [6, 6.07) is 0. The van der Waals surface area contributed by atoms with Crippen LogP contribution in [-0.4, -0.2) is 19.6 Å². The predicted octanol–water partition coefficient (Wildman–Crippen LogP) is -2.67. The van der Waals surface area contributed by atoms with Crippen LogP contribution >= 0.6 is 0 Å². The van der Waals surface area contributed by atoms with Crippen molar-refractivity contribution in [2.75, 3.05) is 19.6 Å². The van der Waals surface area contributed by atoms with E-state index in [0.29, 0.717) is 0 Å². The summed E-state index contributed by atoms with van der Waals surface area (Å²) in [5, 5.41) is 0. The first-order valence-electron chi connectivity index (χ1n) is 4.16. The standard InChI is InChI=1S/C8H17N.FH/c1-3-5-9-6-4-8(2)7-9;/h8H,3-7H2,1-2H3;1H. The molecule has 1 nitrogen and oxygen atoms in total. The first-order valence-corrected chi connectivity index (χ1v) is 4.16. The first-order chi connectivity index (χ1) is 4.33. The minimum atomic E-state index is 0. The maximum Gasteiger partial charge on any atom is 0.0799 e. The molecular weight excluding hydrogens is 129 g/mol. The zero-order chi connectivity index (χ0) is 6.69. The van der Waals surface area contributed by atoms with Gasteiger partial charge in [-0.3, -0.25) is 0 Å². The second kappa shape index (κ2) is 4.67. The van der Waals surface area contributed by atoms with Gasteiger partial charge in [-0.15, -0.1) is 0 Å². The van der Waals surface area contributed by atoms with Gasteiger partial charge >= 0.3 is 0 Å². The van der Waals surface area contributed by atoms with Crippen LogP contribution in [0.25, 0.3) is 0 Å². The Labute approximate surface area is 62.8 Å². The molecule has 1 fully saturated rings. The molecule has 0 bridgehead atoms. The van der Waals surface area contributed by atoms with Crippen molar-refractivity contribution in [3.63, 3.8) is 0 Å². The van der Waals surface area contributed by atoms with Gasteiger partial charge in [-0.05, 0) is 6.42 Å². The predicted molar refractivity (Wildman–Crippen MR) is 39.6 cm³/mol. The van der Waals surface area contributed by atoms with Gasteiger partial charge in [0.1, 0.15) is 0 Å². The van der Waals surface area contributed by atoms with Crippen LogP contribution in [0.2, 0.25) is 0 Å². The molecule has 1 rings (SSSR count).